The van der Waals surface area contributed by atoms with Gasteiger partial charge in [-0.2, -0.15) is 0 Å². The van der Waals surface area contributed by atoms with Crippen molar-refractivity contribution >= 4 is 6.29 Å². The van der Waals surface area contributed by atoms with Crippen LogP contribution in [-0.4, -0.2) is 6.29 Å². The van der Waals surface area contributed by atoms with Crippen LogP contribution in [0.4, 0.5) is 0 Å². The lowest BCUT2D eigenvalue weighted by atomic mass is 9.72. The zero-order valence-electron chi connectivity index (χ0n) is 15.5. The van der Waals surface area contributed by atoms with E-state index in [4.69, 9.17) is 0 Å². The van der Waals surface area contributed by atoms with E-state index in [1.54, 1.807) is 0 Å². The van der Waals surface area contributed by atoms with Gasteiger partial charge in [0, 0.05) is 11.8 Å². The van der Waals surface area contributed by atoms with E-state index < -0.39 is 0 Å². The Morgan fingerprint density at radius 1 is 0.957 bits per heavy atom. The number of unbranched alkanes of at least 4 members (excludes halogenated alkanes) is 1. The molecule has 0 saturated carbocycles. The average molecular weight is 315 g/mol. The van der Waals surface area contributed by atoms with Gasteiger partial charge in [-0.15, -0.1) is 0 Å². The fourth-order valence-corrected chi connectivity index (χ4v) is 3.42. The minimum absolute atomic E-state index is 0.0132. The van der Waals surface area contributed by atoms with Gasteiger partial charge in [0.1, 0.15) is 6.29 Å². The first kappa shape index (κ1) is 19.7. The van der Waals surface area contributed by atoms with Crippen LogP contribution in [0.1, 0.15) is 78.2 Å². The molecule has 2 atom stereocenters. The first-order valence-corrected chi connectivity index (χ1v) is 9.25. The van der Waals surface area contributed by atoms with Crippen molar-refractivity contribution in [2.45, 2.75) is 78.1 Å². The largest absolute Gasteiger partial charge is 0.303 e. The van der Waals surface area contributed by atoms with Gasteiger partial charge in [0.25, 0.3) is 0 Å². The molecule has 0 aliphatic carbocycles. The average Bonchev–Trinajstić information content (AvgIpc) is 2.58. The first-order chi connectivity index (χ1) is 11.1. The minimum Gasteiger partial charge on any atom is -0.303 e. The SMILES string of the molecule is CCCC[C@@](C)(/C=C/[C@](CC)(CCC)c1ccccc1)CC=O. The number of hydrogen-bond donors (Lipinski definition) is 0. The molecule has 0 fully saturated rings. The molecule has 0 saturated heterocycles. The van der Waals surface area contributed by atoms with E-state index in [2.05, 4.69) is 70.2 Å². The predicted octanol–water partition coefficient (Wildman–Crippen LogP) is 6.48. The third-order valence-corrected chi connectivity index (χ3v) is 5.13. The van der Waals surface area contributed by atoms with Gasteiger partial charge < -0.3 is 4.79 Å². The van der Waals surface area contributed by atoms with Crippen LogP contribution < -0.4 is 0 Å². The molecule has 0 aliphatic heterocycles. The summed E-state index contributed by atoms with van der Waals surface area (Å²) in [5.41, 5.74) is 1.47. The highest BCUT2D eigenvalue weighted by Crippen LogP contribution is 2.38. The van der Waals surface area contributed by atoms with Crippen molar-refractivity contribution in [2.75, 3.05) is 0 Å². The lowest BCUT2D eigenvalue weighted by molar-refractivity contribution is -0.109. The fourth-order valence-electron chi connectivity index (χ4n) is 3.42. The molecule has 1 rings (SSSR count). The van der Waals surface area contributed by atoms with E-state index in [0.717, 1.165) is 32.0 Å². The summed E-state index contributed by atoms with van der Waals surface area (Å²) in [6.45, 7) is 8.96. The summed E-state index contributed by atoms with van der Waals surface area (Å²) in [6, 6.07) is 10.8. The summed E-state index contributed by atoms with van der Waals surface area (Å²) < 4.78 is 0. The van der Waals surface area contributed by atoms with Crippen molar-refractivity contribution in [3.63, 3.8) is 0 Å². The Hall–Kier alpha value is -1.37. The maximum Gasteiger partial charge on any atom is 0.120 e. The third-order valence-electron chi connectivity index (χ3n) is 5.13. The van der Waals surface area contributed by atoms with Crippen molar-refractivity contribution in [3.05, 3.63) is 48.0 Å². The Kier molecular flexibility index (Phi) is 8.30. The monoisotopic (exact) mass is 314 g/mol. The highest BCUT2D eigenvalue weighted by molar-refractivity contribution is 5.51. The molecule has 1 heteroatoms. The highest BCUT2D eigenvalue weighted by atomic mass is 16.1. The number of hydrogen-bond acceptors (Lipinski definition) is 1. The van der Waals surface area contributed by atoms with Crippen LogP contribution in [0, 0.1) is 5.41 Å². The first-order valence-electron chi connectivity index (χ1n) is 9.25. The van der Waals surface area contributed by atoms with Crippen LogP contribution in [0.5, 0.6) is 0 Å². The number of benzene rings is 1. The van der Waals surface area contributed by atoms with Crippen molar-refractivity contribution in [1.29, 1.82) is 0 Å². The van der Waals surface area contributed by atoms with Crippen LogP contribution in [0.3, 0.4) is 0 Å². The number of aldehydes is 1. The molecule has 0 amide bonds. The minimum atomic E-state index is -0.0132. The van der Waals surface area contributed by atoms with E-state index in [9.17, 15) is 4.79 Å². The van der Waals surface area contributed by atoms with Gasteiger partial charge in [-0.1, -0.05) is 89.4 Å². The number of carbonyl (C=O) groups excluding carboxylic acids is 1. The van der Waals surface area contributed by atoms with Gasteiger partial charge in [-0.3, -0.25) is 0 Å². The summed E-state index contributed by atoms with van der Waals surface area (Å²) in [5, 5.41) is 0. The van der Waals surface area contributed by atoms with Gasteiger partial charge in [0.15, 0.2) is 0 Å². The van der Waals surface area contributed by atoms with Gasteiger partial charge in [-0.25, -0.2) is 0 Å². The highest BCUT2D eigenvalue weighted by Gasteiger charge is 2.28. The van der Waals surface area contributed by atoms with Crippen molar-refractivity contribution in [3.8, 4) is 0 Å². The molecule has 1 nitrogen and oxygen atoms in total. The summed E-state index contributed by atoms with van der Waals surface area (Å²) >= 11 is 0. The van der Waals surface area contributed by atoms with Crippen LogP contribution >= 0.6 is 0 Å². The molecule has 0 bridgehead atoms. The Morgan fingerprint density at radius 3 is 2.17 bits per heavy atom. The molecule has 0 radical (unpaired) electrons. The van der Waals surface area contributed by atoms with Crippen molar-refractivity contribution < 1.29 is 4.79 Å². The van der Waals surface area contributed by atoms with Crippen molar-refractivity contribution in [2.24, 2.45) is 5.41 Å². The zero-order valence-corrected chi connectivity index (χ0v) is 15.5. The van der Waals surface area contributed by atoms with E-state index in [1.165, 1.54) is 18.4 Å². The molecule has 23 heavy (non-hydrogen) atoms. The molecule has 0 aliphatic rings. The maximum atomic E-state index is 11.1. The Labute approximate surface area is 143 Å². The van der Waals surface area contributed by atoms with Crippen LogP contribution in [0.25, 0.3) is 0 Å². The number of rotatable bonds is 11. The summed E-state index contributed by atoms with van der Waals surface area (Å²) in [6.07, 6.45) is 13.3. The normalized spacial score (nSPS) is 16.9. The second-order valence-corrected chi connectivity index (χ2v) is 7.09. The lowest BCUT2D eigenvalue weighted by Gasteiger charge is -2.32. The predicted molar refractivity (Wildman–Crippen MR) is 101 cm³/mol. The smallest absolute Gasteiger partial charge is 0.120 e. The van der Waals surface area contributed by atoms with E-state index in [1.807, 2.05) is 0 Å². The molecule has 0 N–H and O–H groups in total. The van der Waals surface area contributed by atoms with E-state index in [0.29, 0.717) is 6.42 Å². The number of allylic oxidation sites excluding steroid dienone is 2. The maximum absolute atomic E-state index is 11.1. The van der Waals surface area contributed by atoms with Crippen molar-refractivity contribution in [1.82, 2.24) is 0 Å². The van der Waals surface area contributed by atoms with Crippen LogP contribution in [0.15, 0.2) is 42.5 Å². The van der Waals surface area contributed by atoms with Gasteiger partial charge in [-0.05, 0) is 30.2 Å². The van der Waals surface area contributed by atoms with E-state index in [-0.39, 0.29) is 10.8 Å². The molecule has 0 heterocycles. The lowest BCUT2D eigenvalue weighted by Crippen LogP contribution is -2.24. The van der Waals surface area contributed by atoms with Crippen LogP contribution in [0.2, 0.25) is 0 Å². The fraction of sp³-hybridized carbons (Fsp3) is 0.591. The molecule has 0 unspecified atom stereocenters. The summed E-state index contributed by atoms with van der Waals surface area (Å²) in [5.74, 6) is 0. The topological polar surface area (TPSA) is 17.1 Å². The quantitative estimate of drug-likeness (QED) is 0.337. The molecular weight excluding hydrogens is 280 g/mol. The zero-order chi connectivity index (χ0) is 17.2. The van der Waals surface area contributed by atoms with Gasteiger partial charge in [0.2, 0.25) is 0 Å². The molecule has 0 aromatic heterocycles. The summed E-state index contributed by atoms with van der Waals surface area (Å²) in [4.78, 5) is 11.1. The molecule has 128 valence electrons. The second-order valence-electron chi connectivity index (χ2n) is 7.09. The second kappa shape index (κ2) is 9.70. The molecule has 1 aromatic rings. The van der Waals surface area contributed by atoms with Gasteiger partial charge >= 0.3 is 0 Å². The van der Waals surface area contributed by atoms with Gasteiger partial charge in [0.05, 0.1) is 0 Å². The molecule has 1 aromatic carbocycles. The Balaban J connectivity index is 3.14. The molecule has 0 spiro atoms. The summed E-state index contributed by atoms with van der Waals surface area (Å²) in [7, 11) is 0. The van der Waals surface area contributed by atoms with Crippen LogP contribution in [-0.2, 0) is 10.2 Å². The Morgan fingerprint density at radius 2 is 1.65 bits per heavy atom. The molecular formula is C22H34O. The number of carbonyl (C=O) groups is 1. The Bertz CT molecular complexity index is 476. The third kappa shape index (κ3) is 5.64. The van der Waals surface area contributed by atoms with E-state index >= 15 is 0 Å². The standard InChI is InChI=1S/C22H34O/c1-5-8-15-21(4,18-19-23)16-17-22(7-3,14-6-2)20-12-10-9-11-13-20/h9-13,16-17,19H,5-8,14-15,18H2,1-4H3/b17-16+/t21-,22-/m0/s1.